The molecule has 66 valence electrons. The van der Waals surface area contributed by atoms with Crippen molar-refractivity contribution >= 4 is 0 Å². The molecule has 0 aromatic carbocycles. The van der Waals surface area contributed by atoms with E-state index in [-0.39, 0.29) is 12.6 Å². The van der Waals surface area contributed by atoms with Gasteiger partial charge in [0.15, 0.2) is 0 Å². The van der Waals surface area contributed by atoms with Crippen molar-refractivity contribution in [2.45, 2.75) is 31.8 Å². The van der Waals surface area contributed by atoms with Gasteiger partial charge in [0.05, 0.1) is 6.61 Å². The predicted molar refractivity (Wildman–Crippen MR) is 45.6 cm³/mol. The van der Waals surface area contributed by atoms with Crippen LogP contribution in [0.15, 0.2) is 0 Å². The zero-order valence-corrected chi connectivity index (χ0v) is 7.14. The van der Waals surface area contributed by atoms with Gasteiger partial charge in [-0.2, -0.15) is 0 Å². The van der Waals surface area contributed by atoms with E-state index in [4.69, 9.17) is 5.11 Å². The van der Waals surface area contributed by atoms with Crippen LogP contribution in [0.1, 0.15) is 19.8 Å². The van der Waals surface area contributed by atoms with Gasteiger partial charge >= 0.3 is 0 Å². The van der Waals surface area contributed by atoms with Crippen molar-refractivity contribution in [2.75, 3.05) is 19.7 Å². The molecule has 3 N–H and O–H groups in total. The van der Waals surface area contributed by atoms with Crippen molar-refractivity contribution in [3.63, 3.8) is 0 Å². The molecule has 2 atom stereocenters. The van der Waals surface area contributed by atoms with Gasteiger partial charge in [0.1, 0.15) is 0 Å². The van der Waals surface area contributed by atoms with Gasteiger partial charge in [0.25, 0.3) is 0 Å². The summed E-state index contributed by atoms with van der Waals surface area (Å²) in [6.45, 7) is 4.43. The van der Waals surface area contributed by atoms with Gasteiger partial charge in [0, 0.05) is 18.6 Å². The van der Waals surface area contributed by atoms with E-state index in [1.54, 1.807) is 0 Å². The first kappa shape index (κ1) is 8.97. The lowest BCUT2D eigenvalue weighted by molar-refractivity contribution is 0.231. The van der Waals surface area contributed by atoms with Gasteiger partial charge in [-0.1, -0.05) is 0 Å². The Morgan fingerprint density at radius 3 is 3.09 bits per heavy atom. The SMILES string of the molecule is CC(CO)NC1CCCNC1. The molecule has 3 heteroatoms. The van der Waals surface area contributed by atoms with Crippen LogP contribution in [0, 0.1) is 0 Å². The van der Waals surface area contributed by atoms with Crippen LogP contribution in [0.4, 0.5) is 0 Å². The first-order valence-corrected chi connectivity index (χ1v) is 4.40. The fourth-order valence-corrected chi connectivity index (χ4v) is 1.45. The Balaban J connectivity index is 2.13. The molecule has 1 fully saturated rings. The minimum atomic E-state index is 0.233. The highest BCUT2D eigenvalue weighted by Gasteiger charge is 2.13. The third-order valence-electron chi connectivity index (χ3n) is 2.09. The van der Waals surface area contributed by atoms with Crippen LogP contribution in [0.2, 0.25) is 0 Å². The number of hydrogen-bond acceptors (Lipinski definition) is 3. The van der Waals surface area contributed by atoms with E-state index in [2.05, 4.69) is 10.6 Å². The van der Waals surface area contributed by atoms with Gasteiger partial charge in [-0.05, 0) is 26.3 Å². The van der Waals surface area contributed by atoms with Crippen LogP contribution in [-0.4, -0.2) is 36.9 Å². The van der Waals surface area contributed by atoms with Crippen LogP contribution >= 0.6 is 0 Å². The maximum atomic E-state index is 8.78. The highest BCUT2D eigenvalue weighted by Crippen LogP contribution is 2.01. The number of piperidine rings is 1. The second-order valence-corrected chi connectivity index (χ2v) is 3.29. The molecule has 0 saturated carbocycles. The van der Waals surface area contributed by atoms with E-state index in [0.717, 1.165) is 13.1 Å². The van der Waals surface area contributed by atoms with Gasteiger partial charge in [-0.15, -0.1) is 0 Å². The number of nitrogens with one attached hydrogen (secondary N) is 2. The van der Waals surface area contributed by atoms with E-state index in [1.807, 2.05) is 6.92 Å². The summed E-state index contributed by atoms with van der Waals surface area (Å²) < 4.78 is 0. The van der Waals surface area contributed by atoms with Crippen LogP contribution in [0.3, 0.4) is 0 Å². The van der Waals surface area contributed by atoms with E-state index >= 15 is 0 Å². The van der Waals surface area contributed by atoms with Crippen molar-refractivity contribution in [1.29, 1.82) is 0 Å². The van der Waals surface area contributed by atoms with Crippen molar-refractivity contribution in [3.05, 3.63) is 0 Å². The highest BCUT2D eigenvalue weighted by molar-refractivity contribution is 4.77. The molecule has 1 saturated heterocycles. The molecule has 0 aliphatic carbocycles. The normalized spacial score (nSPS) is 28.4. The molecule has 1 aliphatic heterocycles. The molecule has 0 spiro atoms. The Morgan fingerprint density at radius 2 is 2.55 bits per heavy atom. The van der Waals surface area contributed by atoms with Gasteiger partial charge in [-0.3, -0.25) is 0 Å². The molecule has 0 radical (unpaired) electrons. The largest absolute Gasteiger partial charge is 0.395 e. The molecular weight excluding hydrogens is 140 g/mol. The topological polar surface area (TPSA) is 44.3 Å². The molecule has 0 bridgehead atoms. The lowest BCUT2D eigenvalue weighted by atomic mass is 10.1. The average Bonchev–Trinajstić information content (AvgIpc) is 2.06. The number of aliphatic hydroxyl groups is 1. The molecule has 0 amide bonds. The second-order valence-electron chi connectivity index (χ2n) is 3.29. The maximum absolute atomic E-state index is 8.78. The molecular formula is C8H18N2O. The lowest BCUT2D eigenvalue weighted by Gasteiger charge is -2.26. The zero-order chi connectivity index (χ0) is 8.10. The summed E-state index contributed by atoms with van der Waals surface area (Å²) in [5, 5.41) is 15.5. The van der Waals surface area contributed by atoms with E-state index < -0.39 is 0 Å². The average molecular weight is 158 g/mol. The van der Waals surface area contributed by atoms with Crippen LogP contribution in [0.5, 0.6) is 0 Å². The molecule has 1 aliphatic rings. The van der Waals surface area contributed by atoms with E-state index in [1.165, 1.54) is 12.8 Å². The van der Waals surface area contributed by atoms with E-state index in [0.29, 0.717) is 6.04 Å². The third-order valence-corrected chi connectivity index (χ3v) is 2.09. The first-order chi connectivity index (χ1) is 5.33. The fourth-order valence-electron chi connectivity index (χ4n) is 1.45. The van der Waals surface area contributed by atoms with Gasteiger partial charge in [0.2, 0.25) is 0 Å². The molecule has 1 rings (SSSR count). The highest BCUT2D eigenvalue weighted by atomic mass is 16.3. The predicted octanol–water partition coefficient (Wildman–Crippen LogP) is -0.291. The first-order valence-electron chi connectivity index (χ1n) is 4.40. The molecule has 11 heavy (non-hydrogen) atoms. The monoisotopic (exact) mass is 158 g/mol. The van der Waals surface area contributed by atoms with Crippen molar-refractivity contribution in [3.8, 4) is 0 Å². The lowest BCUT2D eigenvalue weighted by Crippen LogP contribution is -2.47. The van der Waals surface area contributed by atoms with Crippen molar-refractivity contribution in [1.82, 2.24) is 10.6 Å². The molecule has 3 nitrogen and oxygen atoms in total. The summed E-state index contributed by atoms with van der Waals surface area (Å²) >= 11 is 0. The minimum absolute atomic E-state index is 0.233. The van der Waals surface area contributed by atoms with Crippen molar-refractivity contribution < 1.29 is 5.11 Å². The van der Waals surface area contributed by atoms with Crippen LogP contribution in [0.25, 0.3) is 0 Å². The van der Waals surface area contributed by atoms with Crippen LogP contribution < -0.4 is 10.6 Å². The summed E-state index contributed by atoms with van der Waals surface area (Å²) in [5.74, 6) is 0. The smallest absolute Gasteiger partial charge is 0.0582 e. The van der Waals surface area contributed by atoms with Crippen molar-refractivity contribution in [2.24, 2.45) is 0 Å². The Morgan fingerprint density at radius 1 is 1.73 bits per heavy atom. The summed E-state index contributed by atoms with van der Waals surface area (Å²) in [7, 11) is 0. The van der Waals surface area contributed by atoms with Crippen LogP contribution in [-0.2, 0) is 0 Å². The standard InChI is InChI=1S/C8H18N2O/c1-7(6-11)10-8-3-2-4-9-5-8/h7-11H,2-6H2,1H3. The number of aliphatic hydroxyl groups excluding tert-OH is 1. The van der Waals surface area contributed by atoms with Gasteiger partial charge < -0.3 is 15.7 Å². The molecule has 0 aromatic heterocycles. The summed E-state index contributed by atoms with van der Waals surface area (Å²) in [5.41, 5.74) is 0. The second kappa shape index (κ2) is 4.70. The van der Waals surface area contributed by atoms with E-state index in [9.17, 15) is 0 Å². The summed E-state index contributed by atoms with van der Waals surface area (Å²) in [6.07, 6.45) is 2.48. The quantitative estimate of drug-likeness (QED) is 0.529. The minimum Gasteiger partial charge on any atom is -0.395 e. The third kappa shape index (κ3) is 3.18. The van der Waals surface area contributed by atoms with Gasteiger partial charge in [-0.25, -0.2) is 0 Å². The Labute approximate surface area is 68.2 Å². The summed E-state index contributed by atoms with van der Waals surface area (Å²) in [4.78, 5) is 0. The fraction of sp³-hybridized carbons (Fsp3) is 1.00. The number of rotatable bonds is 3. The Kier molecular flexibility index (Phi) is 3.83. The Bertz CT molecular complexity index is 102. The maximum Gasteiger partial charge on any atom is 0.0582 e. The zero-order valence-electron chi connectivity index (χ0n) is 7.14. The summed E-state index contributed by atoms with van der Waals surface area (Å²) in [6, 6.07) is 0.797. The Hall–Kier alpha value is -0.120. The molecule has 0 aromatic rings. The molecule has 1 heterocycles. The molecule has 2 unspecified atom stereocenters. The number of hydrogen-bond donors (Lipinski definition) is 3.